The molecule has 0 spiro atoms. The number of nitrogens with zero attached hydrogens (tertiary/aromatic N) is 4. The maximum absolute atomic E-state index is 12.3. The Balaban J connectivity index is 1.78. The van der Waals surface area contributed by atoms with Gasteiger partial charge in [-0.1, -0.05) is 0 Å². The molecule has 0 radical (unpaired) electrons. The van der Waals surface area contributed by atoms with Gasteiger partial charge in [0.15, 0.2) is 0 Å². The maximum atomic E-state index is 12.3. The van der Waals surface area contributed by atoms with Crippen LogP contribution >= 0.6 is 0 Å². The first-order chi connectivity index (χ1) is 11.1. The van der Waals surface area contributed by atoms with Gasteiger partial charge in [0.05, 0.1) is 12.0 Å². The topological polar surface area (TPSA) is 64.7 Å². The summed E-state index contributed by atoms with van der Waals surface area (Å²) in [5.74, 6) is -0.160. The van der Waals surface area contributed by atoms with E-state index < -0.39 is 0 Å². The Labute approximate surface area is 134 Å². The summed E-state index contributed by atoms with van der Waals surface area (Å²) in [6.07, 6.45) is 3.43. The van der Waals surface area contributed by atoms with E-state index in [0.29, 0.717) is 12.2 Å². The summed E-state index contributed by atoms with van der Waals surface area (Å²) in [6, 6.07) is 9.40. The van der Waals surface area contributed by atoms with Crippen molar-refractivity contribution in [2.45, 2.75) is 27.3 Å². The third-order valence-corrected chi connectivity index (χ3v) is 3.90. The van der Waals surface area contributed by atoms with E-state index in [1.165, 1.54) is 0 Å². The Bertz CT molecular complexity index is 829. The van der Waals surface area contributed by atoms with E-state index in [4.69, 9.17) is 0 Å². The van der Waals surface area contributed by atoms with Crippen LogP contribution in [-0.4, -0.2) is 25.2 Å². The van der Waals surface area contributed by atoms with Gasteiger partial charge < -0.3 is 9.88 Å². The molecule has 6 heteroatoms. The fraction of sp³-hybridized carbons (Fsp3) is 0.235. The molecule has 23 heavy (non-hydrogen) atoms. The number of rotatable bonds is 4. The number of aryl methyl sites for hydroxylation is 2. The van der Waals surface area contributed by atoms with Crippen molar-refractivity contribution in [1.29, 1.82) is 0 Å². The summed E-state index contributed by atoms with van der Waals surface area (Å²) >= 11 is 0. The highest BCUT2D eigenvalue weighted by molar-refractivity contribution is 6.03. The van der Waals surface area contributed by atoms with Crippen LogP contribution in [0, 0.1) is 13.8 Å². The molecule has 0 atom stereocenters. The number of carbonyl (C=O) groups excluding carboxylic acids is 1. The highest BCUT2D eigenvalue weighted by Crippen LogP contribution is 2.17. The molecule has 0 saturated heterocycles. The van der Waals surface area contributed by atoms with Crippen molar-refractivity contribution in [3.8, 4) is 5.69 Å². The van der Waals surface area contributed by atoms with Crippen molar-refractivity contribution in [2.24, 2.45) is 0 Å². The van der Waals surface area contributed by atoms with Gasteiger partial charge in [-0.2, -0.15) is 5.10 Å². The van der Waals surface area contributed by atoms with Gasteiger partial charge in [0.1, 0.15) is 5.69 Å². The van der Waals surface area contributed by atoms with Gasteiger partial charge in [0, 0.05) is 29.8 Å². The van der Waals surface area contributed by atoms with E-state index in [1.807, 2.05) is 49.6 Å². The second-order valence-electron chi connectivity index (χ2n) is 5.32. The largest absolute Gasteiger partial charge is 0.321 e. The minimum absolute atomic E-state index is 0.160. The van der Waals surface area contributed by atoms with E-state index in [1.54, 1.807) is 23.3 Å². The molecule has 3 aromatic rings. The quantitative estimate of drug-likeness (QED) is 0.806. The van der Waals surface area contributed by atoms with Crippen molar-refractivity contribution in [3.63, 3.8) is 0 Å². The van der Waals surface area contributed by atoms with Gasteiger partial charge in [0.2, 0.25) is 0 Å². The van der Waals surface area contributed by atoms with Crippen LogP contribution in [0.3, 0.4) is 0 Å². The van der Waals surface area contributed by atoms with Crippen LogP contribution in [0.4, 0.5) is 5.69 Å². The van der Waals surface area contributed by atoms with Crippen LogP contribution in [0.5, 0.6) is 0 Å². The number of hydrogen-bond acceptors (Lipinski definition) is 3. The van der Waals surface area contributed by atoms with Crippen LogP contribution in [0.25, 0.3) is 5.69 Å². The molecule has 2 aromatic heterocycles. The lowest BCUT2D eigenvalue weighted by molar-refractivity contribution is 0.101. The summed E-state index contributed by atoms with van der Waals surface area (Å²) in [7, 11) is 0. The molecule has 1 aromatic carbocycles. The van der Waals surface area contributed by atoms with Crippen molar-refractivity contribution >= 4 is 11.6 Å². The van der Waals surface area contributed by atoms with Gasteiger partial charge in [-0.25, -0.2) is 4.98 Å². The molecule has 0 fully saturated rings. The minimum Gasteiger partial charge on any atom is -0.321 e. The molecule has 6 nitrogen and oxygen atoms in total. The molecule has 3 rings (SSSR count). The molecule has 0 bridgehead atoms. The van der Waals surface area contributed by atoms with Crippen LogP contribution in [0.1, 0.15) is 28.8 Å². The predicted octanol–water partition coefficient (Wildman–Crippen LogP) is 2.96. The highest BCUT2D eigenvalue weighted by Gasteiger charge is 2.11. The smallest absolute Gasteiger partial charge is 0.273 e. The molecule has 0 unspecified atom stereocenters. The minimum atomic E-state index is -0.160. The van der Waals surface area contributed by atoms with Crippen LogP contribution in [0.2, 0.25) is 0 Å². The molecule has 1 amide bonds. The zero-order valence-electron chi connectivity index (χ0n) is 13.4. The van der Waals surface area contributed by atoms with Gasteiger partial charge in [-0.3, -0.25) is 9.48 Å². The Morgan fingerprint density at radius 3 is 2.52 bits per heavy atom. The third kappa shape index (κ3) is 2.88. The lowest BCUT2D eigenvalue weighted by Crippen LogP contribution is -2.17. The molecule has 118 valence electrons. The number of hydrogen-bond donors (Lipinski definition) is 1. The second-order valence-corrected chi connectivity index (χ2v) is 5.32. The molecular formula is C17H19N5O. The molecule has 1 N–H and O–H groups in total. The van der Waals surface area contributed by atoms with E-state index >= 15 is 0 Å². The molecule has 0 aliphatic carbocycles. The van der Waals surface area contributed by atoms with E-state index in [0.717, 1.165) is 22.8 Å². The highest BCUT2D eigenvalue weighted by atomic mass is 16.2. The van der Waals surface area contributed by atoms with Gasteiger partial charge in [-0.15, -0.1) is 0 Å². The standard InChI is InChI=1S/C17H19N5O/c1-4-22-16(9-10-19-22)17(23)20-14-5-7-15(8-6-14)21-11-18-12(2)13(21)3/h5-11H,4H2,1-3H3,(H,20,23). The van der Waals surface area contributed by atoms with Crippen molar-refractivity contribution in [1.82, 2.24) is 19.3 Å². The molecule has 2 heterocycles. The SMILES string of the molecule is CCn1nccc1C(=O)Nc1ccc(-n2cnc(C)c2C)cc1. The van der Waals surface area contributed by atoms with Crippen molar-refractivity contribution < 1.29 is 4.79 Å². The molecule has 0 saturated carbocycles. The monoisotopic (exact) mass is 309 g/mol. The summed E-state index contributed by atoms with van der Waals surface area (Å²) < 4.78 is 3.69. The summed E-state index contributed by atoms with van der Waals surface area (Å²) in [4.78, 5) is 16.6. The fourth-order valence-corrected chi connectivity index (χ4v) is 2.44. The lowest BCUT2D eigenvalue weighted by Gasteiger charge is -2.09. The van der Waals surface area contributed by atoms with E-state index in [9.17, 15) is 4.79 Å². The number of aromatic nitrogens is 4. The number of benzene rings is 1. The summed E-state index contributed by atoms with van der Waals surface area (Å²) in [5, 5.41) is 7.00. The first-order valence-electron chi connectivity index (χ1n) is 7.54. The Kier molecular flexibility index (Phi) is 3.97. The average Bonchev–Trinajstić information content (AvgIpc) is 3.16. The number of amides is 1. The zero-order chi connectivity index (χ0) is 16.4. The fourth-order valence-electron chi connectivity index (χ4n) is 2.44. The zero-order valence-corrected chi connectivity index (χ0v) is 13.4. The lowest BCUT2D eigenvalue weighted by atomic mass is 10.2. The second kappa shape index (κ2) is 6.08. The third-order valence-electron chi connectivity index (χ3n) is 3.90. The van der Waals surface area contributed by atoms with E-state index in [2.05, 4.69) is 15.4 Å². The summed E-state index contributed by atoms with van der Waals surface area (Å²) in [5.41, 5.74) is 4.43. The summed E-state index contributed by atoms with van der Waals surface area (Å²) in [6.45, 7) is 6.63. The van der Waals surface area contributed by atoms with Crippen LogP contribution in [-0.2, 0) is 6.54 Å². The maximum Gasteiger partial charge on any atom is 0.273 e. The van der Waals surface area contributed by atoms with Crippen LogP contribution < -0.4 is 5.32 Å². The molecular weight excluding hydrogens is 290 g/mol. The van der Waals surface area contributed by atoms with Crippen LogP contribution in [0.15, 0.2) is 42.9 Å². The molecule has 0 aliphatic rings. The Morgan fingerprint density at radius 1 is 1.17 bits per heavy atom. The number of imidazole rings is 1. The van der Waals surface area contributed by atoms with Gasteiger partial charge >= 0.3 is 0 Å². The molecule has 0 aliphatic heterocycles. The Morgan fingerprint density at radius 2 is 1.91 bits per heavy atom. The van der Waals surface area contributed by atoms with E-state index in [-0.39, 0.29) is 5.91 Å². The number of carbonyl (C=O) groups is 1. The Hall–Kier alpha value is -2.89. The normalized spacial score (nSPS) is 10.7. The first kappa shape index (κ1) is 15.0. The van der Waals surface area contributed by atoms with Crippen molar-refractivity contribution in [2.75, 3.05) is 5.32 Å². The number of anilines is 1. The van der Waals surface area contributed by atoms with Gasteiger partial charge in [0.25, 0.3) is 5.91 Å². The average molecular weight is 309 g/mol. The first-order valence-corrected chi connectivity index (χ1v) is 7.54. The van der Waals surface area contributed by atoms with Crippen molar-refractivity contribution in [3.05, 3.63) is 59.9 Å². The predicted molar refractivity (Wildman–Crippen MR) is 88.9 cm³/mol. The number of nitrogens with one attached hydrogen (secondary N) is 1. The van der Waals surface area contributed by atoms with Gasteiger partial charge in [-0.05, 0) is 51.1 Å².